The quantitative estimate of drug-likeness (QED) is 0.141. The van der Waals surface area contributed by atoms with E-state index in [0.29, 0.717) is 32.9 Å². The van der Waals surface area contributed by atoms with Crippen molar-refractivity contribution in [3.8, 4) is 12.3 Å². The Balaban J connectivity index is 1.87. The summed E-state index contributed by atoms with van der Waals surface area (Å²) in [5.41, 5.74) is 6.72. The molecule has 194 valence electrons. The normalized spacial score (nSPS) is 19.2. The van der Waals surface area contributed by atoms with Gasteiger partial charge in [0, 0.05) is 49.4 Å². The molecular formula is C23H29ClN6O4S2. The van der Waals surface area contributed by atoms with Crippen molar-refractivity contribution >= 4 is 46.3 Å². The van der Waals surface area contributed by atoms with Gasteiger partial charge in [0.15, 0.2) is 0 Å². The van der Waals surface area contributed by atoms with E-state index in [1.54, 1.807) is 38.9 Å². The van der Waals surface area contributed by atoms with Crippen LogP contribution in [0, 0.1) is 12.3 Å². The molecule has 1 aliphatic heterocycles. The van der Waals surface area contributed by atoms with Gasteiger partial charge < -0.3 is 29.9 Å². The largest absolute Gasteiger partial charge is 0.395 e. The highest BCUT2D eigenvalue weighted by Gasteiger charge is 2.36. The molecule has 3 heterocycles. The third kappa shape index (κ3) is 7.10. The molecule has 4 N–H and O–H groups in total. The van der Waals surface area contributed by atoms with Crippen molar-refractivity contribution in [1.29, 1.82) is 0 Å². The molecule has 0 bridgehead atoms. The number of amides is 1. The van der Waals surface area contributed by atoms with E-state index < -0.39 is 11.5 Å². The number of hydrogen-bond acceptors (Lipinski definition) is 11. The summed E-state index contributed by atoms with van der Waals surface area (Å²) in [4.78, 5) is 23.3. The Morgan fingerprint density at radius 3 is 2.81 bits per heavy atom. The number of carbonyl (C=O) groups is 1. The highest BCUT2D eigenvalue weighted by molar-refractivity contribution is 8.00. The van der Waals surface area contributed by atoms with Crippen molar-refractivity contribution in [2.75, 3.05) is 34.4 Å². The number of halogens is 1. The first-order chi connectivity index (χ1) is 17.1. The average molecular weight is 553 g/mol. The Labute approximate surface area is 223 Å². The van der Waals surface area contributed by atoms with Crippen LogP contribution in [-0.2, 0) is 14.2 Å². The summed E-state index contributed by atoms with van der Waals surface area (Å²) in [5, 5.41) is 4.00. The van der Waals surface area contributed by atoms with Crippen LogP contribution in [0.15, 0.2) is 28.7 Å². The predicted molar refractivity (Wildman–Crippen MR) is 141 cm³/mol. The van der Waals surface area contributed by atoms with Gasteiger partial charge in [0.2, 0.25) is 0 Å². The number of rotatable bonds is 11. The highest BCUT2D eigenvalue weighted by atomic mass is 35.5. The molecule has 3 rings (SSSR count). The number of nitrogens with zero attached hydrogens (tertiary/aromatic N) is 4. The number of terminal acetylenes is 1. The number of aromatic nitrogens is 2. The van der Waals surface area contributed by atoms with Crippen LogP contribution in [-0.4, -0.2) is 83.9 Å². The second-order valence-corrected chi connectivity index (χ2v) is 10.5. The van der Waals surface area contributed by atoms with E-state index in [1.165, 1.54) is 39.2 Å². The molecule has 13 heteroatoms. The number of pyridine rings is 1. The molecule has 0 radical (unpaired) electrons. The lowest BCUT2D eigenvalue weighted by Gasteiger charge is -2.38. The zero-order valence-electron chi connectivity index (χ0n) is 20.4. The molecular weight excluding hydrogens is 524 g/mol. The van der Waals surface area contributed by atoms with Crippen LogP contribution >= 0.6 is 34.7 Å². The second kappa shape index (κ2) is 12.7. The Morgan fingerprint density at radius 2 is 2.28 bits per heavy atom. The zero-order valence-corrected chi connectivity index (χ0v) is 22.8. The van der Waals surface area contributed by atoms with E-state index >= 15 is 0 Å². The Kier molecular flexibility index (Phi) is 9.98. The summed E-state index contributed by atoms with van der Waals surface area (Å²) in [6.07, 6.45) is 7.87. The number of ether oxygens (including phenoxy) is 3. The molecule has 2 aromatic rings. The molecule has 0 spiro atoms. The van der Waals surface area contributed by atoms with Crippen molar-refractivity contribution in [2.45, 2.75) is 35.6 Å². The number of methoxy groups -OCH3 is 1. The number of carbonyl (C=O) groups excluding carboxylic acids is 1. The average Bonchev–Trinajstić information content (AvgIpc) is 3.29. The van der Waals surface area contributed by atoms with Crippen molar-refractivity contribution in [3.63, 3.8) is 0 Å². The minimum absolute atomic E-state index is 0.0807. The van der Waals surface area contributed by atoms with E-state index in [-0.39, 0.29) is 30.4 Å². The van der Waals surface area contributed by atoms with E-state index in [9.17, 15) is 4.79 Å². The zero-order chi connectivity index (χ0) is 26.4. The molecule has 1 saturated heterocycles. The highest BCUT2D eigenvalue weighted by Crippen LogP contribution is 2.34. The first kappa shape index (κ1) is 28.2. The lowest BCUT2D eigenvalue weighted by Crippen LogP contribution is -2.50. The fourth-order valence-corrected chi connectivity index (χ4v) is 5.26. The smallest absolute Gasteiger partial charge is 0.273 e. The van der Waals surface area contributed by atoms with Gasteiger partial charge in [-0.3, -0.25) is 4.79 Å². The number of nitrogens with two attached hydrogens (primary N) is 2. The summed E-state index contributed by atoms with van der Waals surface area (Å²) >= 11 is 8.50. The van der Waals surface area contributed by atoms with Crippen LogP contribution in [0.4, 0.5) is 0 Å². The maximum absolute atomic E-state index is 12.8. The van der Waals surface area contributed by atoms with Gasteiger partial charge in [0.1, 0.15) is 33.5 Å². The molecule has 2 aromatic heterocycles. The standard InChI is InChI=1S/C23H29ClN6O4S2/c1-6-14-7-18(20(27-8-14)22(31)29(3)4)36-23(34-17-11-33-13(17)2)16(32-5)10-30(26)9-15(25)21-28-19(24)12-35-21/h1,7-9,12-13,16-17,23H,10-11,25-26H2,2-5H3/b15-9-/t13?,16-,17?,23?/m0/s1. The van der Waals surface area contributed by atoms with Gasteiger partial charge in [-0.25, -0.2) is 15.8 Å². The minimum Gasteiger partial charge on any atom is -0.395 e. The molecule has 10 nitrogen and oxygen atoms in total. The molecule has 1 amide bonds. The molecule has 0 aliphatic carbocycles. The van der Waals surface area contributed by atoms with Crippen molar-refractivity contribution in [2.24, 2.45) is 11.6 Å². The maximum atomic E-state index is 12.8. The van der Waals surface area contributed by atoms with Crippen LogP contribution in [0.5, 0.6) is 0 Å². The monoisotopic (exact) mass is 552 g/mol. The van der Waals surface area contributed by atoms with Gasteiger partial charge in [-0.05, 0) is 13.0 Å². The summed E-state index contributed by atoms with van der Waals surface area (Å²) in [6.45, 7) is 2.59. The van der Waals surface area contributed by atoms with E-state index in [4.69, 9.17) is 43.8 Å². The van der Waals surface area contributed by atoms with Gasteiger partial charge in [0.25, 0.3) is 5.91 Å². The Morgan fingerprint density at radius 1 is 1.53 bits per heavy atom. The van der Waals surface area contributed by atoms with Gasteiger partial charge >= 0.3 is 0 Å². The van der Waals surface area contributed by atoms with Crippen molar-refractivity contribution in [3.05, 3.63) is 45.3 Å². The number of hydrazine groups is 1. The van der Waals surface area contributed by atoms with Gasteiger partial charge in [-0.2, -0.15) is 0 Å². The van der Waals surface area contributed by atoms with Crippen LogP contribution in [0.1, 0.15) is 28.0 Å². The number of hydrogen-bond donors (Lipinski definition) is 2. The lowest BCUT2D eigenvalue weighted by molar-refractivity contribution is -0.198. The molecule has 1 fully saturated rings. The molecule has 4 atom stereocenters. The Hall–Kier alpha value is -2.37. The maximum Gasteiger partial charge on any atom is 0.273 e. The van der Waals surface area contributed by atoms with Gasteiger partial charge in [-0.1, -0.05) is 29.3 Å². The van der Waals surface area contributed by atoms with Crippen molar-refractivity contribution in [1.82, 2.24) is 19.9 Å². The van der Waals surface area contributed by atoms with E-state index in [0.717, 1.165) is 0 Å². The first-order valence-corrected chi connectivity index (χ1v) is 13.0. The van der Waals surface area contributed by atoms with Crippen LogP contribution < -0.4 is 11.6 Å². The summed E-state index contributed by atoms with van der Waals surface area (Å²) in [5.74, 6) is 8.55. The second-order valence-electron chi connectivity index (χ2n) is 8.14. The van der Waals surface area contributed by atoms with Crippen LogP contribution in [0.3, 0.4) is 0 Å². The Bertz CT molecular complexity index is 1140. The number of thiazole rings is 1. The minimum atomic E-state index is -0.579. The van der Waals surface area contributed by atoms with Crippen LogP contribution in [0.2, 0.25) is 5.15 Å². The summed E-state index contributed by atoms with van der Waals surface area (Å²) < 4.78 is 17.6. The van der Waals surface area contributed by atoms with Gasteiger partial charge in [-0.15, -0.1) is 17.8 Å². The third-order valence-electron chi connectivity index (χ3n) is 5.25. The lowest BCUT2D eigenvalue weighted by atomic mass is 10.1. The van der Waals surface area contributed by atoms with Crippen molar-refractivity contribution < 1.29 is 19.0 Å². The predicted octanol–water partition coefficient (Wildman–Crippen LogP) is 2.24. The molecule has 1 aliphatic rings. The molecule has 3 unspecified atom stereocenters. The summed E-state index contributed by atoms with van der Waals surface area (Å²) in [7, 11) is 4.88. The SMILES string of the molecule is C#Cc1cnc(C(=O)N(C)C)c(SC(OC2COC2C)[C@H](CN(N)/C=C(\N)c2nc(Cl)cs2)OC)c1. The summed E-state index contributed by atoms with van der Waals surface area (Å²) in [6, 6.07) is 1.74. The topological polar surface area (TPSA) is 129 Å². The first-order valence-electron chi connectivity index (χ1n) is 10.9. The molecule has 0 saturated carbocycles. The third-order valence-corrected chi connectivity index (χ3v) is 7.68. The van der Waals surface area contributed by atoms with Gasteiger partial charge in [0.05, 0.1) is 25.0 Å². The molecule has 0 aromatic carbocycles. The van der Waals surface area contributed by atoms with Crippen LogP contribution in [0.25, 0.3) is 5.70 Å². The fourth-order valence-electron chi connectivity index (χ4n) is 3.14. The van der Waals surface area contributed by atoms with E-state index in [2.05, 4.69) is 15.9 Å². The molecule has 36 heavy (non-hydrogen) atoms. The number of thioether (sulfide) groups is 1. The van der Waals surface area contributed by atoms with E-state index in [1.807, 2.05) is 6.92 Å². The fraction of sp³-hybridized carbons (Fsp3) is 0.435.